The van der Waals surface area contributed by atoms with E-state index in [1.54, 1.807) is 0 Å². The zero-order chi connectivity index (χ0) is 14.5. The Morgan fingerprint density at radius 3 is 2.76 bits per heavy atom. The highest BCUT2D eigenvalue weighted by molar-refractivity contribution is 5.23. The van der Waals surface area contributed by atoms with Crippen LogP contribution in [0.1, 0.15) is 36.8 Å². The molecule has 0 unspecified atom stereocenters. The van der Waals surface area contributed by atoms with Crippen LogP contribution in [0.5, 0.6) is 0 Å². The highest BCUT2D eigenvalue weighted by Crippen LogP contribution is 2.25. The molecule has 2 aromatic rings. The molecule has 0 N–H and O–H groups in total. The Morgan fingerprint density at radius 2 is 2.00 bits per heavy atom. The molecule has 1 fully saturated rings. The molecule has 1 aromatic carbocycles. The molecule has 21 heavy (non-hydrogen) atoms. The maximum atomic E-state index is 4.28. The van der Waals surface area contributed by atoms with Gasteiger partial charge in [0.15, 0.2) is 0 Å². The fourth-order valence-corrected chi connectivity index (χ4v) is 3.42. The van der Waals surface area contributed by atoms with E-state index < -0.39 is 0 Å². The summed E-state index contributed by atoms with van der Waals surface area (Å²) in [5, 5.41) is 4.28. The molecule has 1 aliphatic carbocycles. The topological polar surface area (TPSA) is 21.1 Å². The molecule has 0 saturated heterocycles. The summed E-state index contributed by atoms with van der Waals surface area (Å²) in [5.41, 5.74) is 2.73. The Kier molecular flexibility index (Phi) is 4.71. The van der Waals surface area contributed by atoms with Crippen LogP contribution in [0.2, 0.25) is 0 Å². The molecule has 3 nitrogen and oxygen atoms in total. The van der Waals surface area contributed by atoms with E-state index in [2.05, 4.69) is 41.3 Å². The Hall–Kier alpha value is -1.61. The van der Waals surface area contributed by atoms with Gasteiger partial charge in [0.05, 0.1) is 6.54 Å². The molecule has 3 heteroatoms. The Labute approximate surface area is 127 Å². The second-order valence-corrected chi connectivity index (χ2v) is 6.37. The SMILES string of the molecule is CN(Cc1cccc(Cn2cccn2)c1)CC1CCCC1. The normalized spacial score (nSPS) is 15.9. The van der Waals surface area contributed by atoms with Crippen molar-refractivity contribution in [2.75, 3.05) is 13.6 Å². The first-order valence-corrected chi connectivity index (χ1v) is 8.03. The van der Waals surface area contributed by atoms with Crippen molar-refractivity contribution in [3.05, 3.63) is 53.9 Å². The molecule has 1 aromatic heterocycles. The largest absolute Gasteiger partial charge is 0.302 e. The smallest absolute Gasteiger partial charge is 0.0659 e. The van der Waals surface area contributed by atoms with Crippen LogP contribution in [-0.2, 0) is 13.1 Å². The van der Waals surface area contributed by atoms with Gasteiger partial charge in [-0.3, -0.25) is 4.68 Å². The number of rotatable bonds is 6. The zero-order valence-electron chi connectivity index (χ0n) is 12.9. The molecule has 1 aliphatic rings. The summed E-state index contributed by atoms with van der Waals surface area (Å²) < 4.78 is 1.97. The van der Waals surface area contributed by atoms with Gasteiger partial charge in [0.1, 0.15) is 0 Å². The molecule has 0 radical (unpaired) electrons. The van der Waals surface area contributed by atoms with E-state index in [-0.39, 0.29) is 0 Å². The minimum Gasteiger partial charge on any atom is -0.302 e. The summed E-state index contributed by atoms with van der Waals surface area (Å²) in [4.78, 5) is 2.48. The van der Waals surface area contributed by atoms with Gasteiger partial charge >= 0.3 is 0 Å². The van der Waals surface area contributed by atoms with Crippen LogP contribution >= 0.6 is 0 Å². The van der Waals surface area contributed by atoms with Crippen LogP contribution in [0, 0.1) is 5.92 Å². The van der Waals surface area contributed by atoms with Crippen molar-refractivity contribution in [3.63, 3.8) is 0 Å². The maximum absolute atomic E-state index is 4.28. The average molecular weight is 283 g/mol. The van der Waals surface area contributed by atoms with Gasteiger partial charge in [-0.05, 0) is 43.0 Å². The molecular weight excluding hydrogens is 258 g/mol. The van der Waals surface area contributed by atoms with Crippen molar-refractivity contribution in [2.45, 2.75) is 38.8 Å². The molecule has 1 saturated carbocycles. The molecular formula is C18H25N3. The first-order valence-electron chi connectivity index (χ1n) is 8.03. The third kappa shape index (κ3) is 4.18. The fourth-order valence-electron chi connectivity index (χ4n) is 3.42. The standard InChI is InChI=1S/C18H25N3/c1-20(13-16-6-2-3-7-16)14-17-8-4-9-18(12-17)15-21-11-5-10-19-21/h4-5,8-12,16H,2-3,6-7,13-15H2,1H3. The maximum Gasteiger partial charge on any atom is 0.0659 e. The number of aromatic nitrogens is 2. The zero-order valence-corrected chi connectivity index (χ0v) is 12.9. The van der Waals surface area contributed by atoms with E-state index in [0.717, 1.165) is 19.0 Å². The van der Waals surface area contributed by atoms with E-state index >= 15 is 0 Å². The first-order chi connectivity index (χ1) is 10.3. The van der Waals surface area contributed by atoms with Crippen molar-refractivity contribution in [2.24, 2.45) is 5.92 Å². The summed E-state index contributed by atoms with van der Waals surface area (Å²) in [6, 6.07) is 10.9. The Morgan fingerprint density at radius 1 is 1.19 bits per heavy atom. The molecule has 3 rings (SSSR count). The van der Waals surface area contributed by atoms with E-state index in [9.17, 15) is 0 Å². The van der Waals surface area contributed by atoms with Crippen LogP contribution in [0.15, 0.2) is 42.7 Å². The van der Waals surface area contributed by atoms with E-state index in [1.807, 2.05) is 23.1 Å². The third-order valence-corrected chi connectivity index (χ3v) is 4.39. The lowest BCUT2D eigenvalue weighted by Crippen LogP contribution is -2.24. The molecule has 0 aliphatic heterocycles. The first kappa shape index (κ1) is 14.3. The molecule has 0 spiro atoms. The number of benzene rings is 1. The van der Waals surface area contributed by atoms with Crippen LogP contribution in [-0.4, -0.2) is 28.3 Å². The van der Waals surface area contributed by atoms with Crippen molar-refractivity contribution < 1.29 is 0 Å². The summed E-state index contributed by atoms with van der Waals surface area (Å²) in [6.07, 6.45) is 9.54. The second kappa shape index (κ2) is 6.90. The lowest BCUT2D eigenvalue weighted by molar-refractivity contribution is 0.271. The van der Waals surface area contributed by atoms with Crippen LogP contribution in [0.4, 0.5) is 0 Å². The fraction of sp³-hybridized carbons (Fsp3) is 0.500. The predicted octanol–water partition coefficient (Wildman–Crippen LogP) is 3.55. The monoisotopic (exact) mass is 283 g/mol. The van der Waals surface area contributed by atoms with Gasteiger partial charge in [0.25, 0.3) is 0 Å². The number of hydrogen-bond acceptors (Lipinski definition) is 2. The van der Waals surface area contributed by atoms with Crippen LogP contribution < -0.4 is 0 Å². The van der Waals surface area contributed by atoms with Crippen molar-refractivity contribution >= 4 is 0 Å². The highest BCUT2D eigenvalue weighted by atomic mass is 15.3. The molecule has 0 amide bonds. The summed E-state index contributed by atoms with van der Waals surface area (Å²) >= 11 is 0. The lowest BCUT2D eigenvalue weighted by Gasteiger charge is -2.21. The lowest BCUT2D eigenvalue weighted by atomic mass is 10.1. The van der Waals surface area contributed by atoms with Gasteiger partial charge in [-0.1, -0.05) is 37.1 Å². The van der Waals surface area contributed by atoms with Gasteiger partial charge in [-0.2, -0.15) is 5.10 Å². The summed E-state index contributed by atoms with van der Waals surface area (Å²) in [6.45, 7) is 3.14. The minimum atomic E-state index is 0.854. The second-order valence-electron chi connectivity index (χ2n) is 6.37. The van der Waals surface area contributed by atoms with E-state index in [1.165, 1.54) is 43.4 Å². The van der Waals surface area contributed by atoms with Gasteiger partial charge in [-0.25, -0.2) is 0 Å². The quantitative estimate of drug-likeness (QED) is 0.808. The van der Waals surface area contributed by atoms with Gasteiger partial charge < -0.3 is 4.90 Å². The molecule has 0 bridgehead atoms. The number of nitrogens with zero attached hydrogens (tertiary/aromatic N) is 3. The van der Waals surface area contributed by atoms with Crippen LogP contribution in [0.3, 0.4) is 0 Å². The third-order valence-electron chi connectivity index (χ3n) is 4.39. The summed E-state index contributed by atoms with van der Waals surface area (Å²) in [5.74, 6) is 0.919. The highest BCUT2D eigenvalue weighted by Gasteiger charge is 2.16. The van der Waals surface area contributed by atoms with Crippen molar-refractivity contribution in [3.8, 4) is 0 Å². The van der Waals surface area contributed by atoms with Gasteiger partial charge in [-0.15, -0.1) is 0 Å². The van der Waals surface area contributed by atoms with Crippen molar-refractivity contribution in [1.82, 2.24) is 14.7 Å². The van der Waals surface area contributed by atoms with E-state index in [0.29, 0.717) is 0 Å². The van der Waals surface area contributed by atoms with Crippen molar-refractivity contribution in [1.29, 1.82) is 0 Å². The predicted molar refractivity (Wildman–Crippen MR) is 86.1 cm³/mol. The molecule has 0 atom stereocenters. The molecule has 112 valence electrons. The Balaban J connectivity index is 1.57. The van der Waals surface area contributed by atoms with Crippen LogP contribution in [0.25, 0.3) is 0 Å². The number of hydrogen-bond donors (Lipinski definition) is 0. The van der Waals surface area contributed by atoms with Gasteiger partial charge in [0, 0.05) is 25.5 Å². The average Bonchev–Trinajstić information content (AvgIpc) is 3.12. The van der Waals surface area contributed by atoms with E-state index in [4.69, 9.17) is 0 Å². The molecule has 1 heterocycles. The Bertz CT molecular complexity index is 541. The van der Waals surface area contributed by atoms with Gasteiger partial charge in [0.2, 0.25) is 0 Å². The summed E-state index contributed by atoms with van der Waals surface area (Å²) in [7, 11) is 2.25. The minimum absolute atomic E-state index is 0.854.